The van der Waals surface area contributed by atoms with Crippen LogP contribution in [-0.4, -0.2) is 30.1 Å². The van der Waals surface area contributed by atoms with Gasteiger partial charge < -0.3 is 9.64 Å². The fourth-order valence-corrected chi connectivity index (χ4v) is 5.09. The predicted octanol–water partition coefficient (Wildman–Crippen LogP) is 6.89. The summed E-state index contributed by atoms with van der Waals surface area (Å²) in [5, 5.41) is 1.42. The molecule has 166 valence electrons. The standard InChI is InChI=1S/C26H31Cl2NO2/c1-3-23(16-31-15-18-7-8-18)29-25(19-9-11-21(27)12-10-19)24(13-17(2)26(29)30)20-5-4-6-22(28)14-20/h4-6,9-12,14,17-18,23-25H,3,7-8,13,15-16H2,1-2H3/t17?,23-,24?,25+/m0/s1. The van der Waals surface area contributed by atoms with Crippen LogP contribution >= 0.6 is 23.2 Å². The minimum absolute atomic E-state index is 0.0383. The number of carbonyl (C=O) groups excluding carboxylic acids is 1. The SMILES string of the molecule is CC[C@@H](COCC1CC1)N1C(=O)C(C)CC(c2cccc(Cl)c2)[C@H]1c1ccc(Cl)cc1. The van der Waals surface area contributed by atoms with Crippen molar-refractivity contribution >= 4 is 29.1 Å². The van der Waals surface area contributed by atoms with Gasteiger partial charge in [0.05, 0.1) is 18.7 Å². The van der Waals surface area contributed by atoms with Crippen LogP contribution in [0.2, 0.25) is 10.0 Å². The quantitative estimate of drug-likeness (QED) is 0.429. The first-order chi connectivity index (χ1) is 15.0. The second-order valence-electron chi connectivity index (χ2n) is 9.08. The molecule has 4 atom stereocenters. The molecule has 0 N–H and O–H groups in total. The third-order valence-corrected chi connectivity index (χ3v) is 7.17. The monoisotopic (exact) mass is 459 g/mol. The molecule has 2 aromatic carbocycles. The van der Waals surface area contributed by atoms with E-state index < -0.39 is 0 Å². The molecule has 1 saturated heterocycles. The predicted molar refractivity (Wildman–Crippen MR) is 127 cm³/mol. The summed E-state index contributed by atoms with van der Waals surface area (Å²) in [5.41, 5.74) is 2.28. The Labute approximate surface area is 195 Å². The average molecular weight is 460 g/mol. The Kier molecular flexibility index (Phi) is 7.26. The number of hydrogen-bond acceptors (Lipinski definition) is 2. The number of ether oxygens (including phenoxy) is 1. The maximum Gasteiger partial charge on any atom is 0.226 e. The molecule has 1 saturated carbocycles. The van der Waals surface area contributed by atoms with Crippen LogP contribution in [0.25, 0.3) is 0 Å². The van der Waals surface area contributed by atoms with Gasteiger partial charge in [0.15, 0.2) is 0 Å². The fourth-order valence-electron chi connectivity index (χ4n) is 4.76. The van der Waals surface area contributed by atoms with Gasteiger partial charge in [-0.05, 0) is 67.0 Å². The Morgan fingerprint density at radius 3 is 2.45 bits per heavy atom. The Hall–Kier alpha value is -1.55. The van der Waals surface area contributed by atoms with Gasteiger partial charge in [0.25, 0.3) is 0 Å². The van der Waals surface area contributed by atoms with Crippen molar-refractivity contribution in [1.82, 2.24) is 4.90 Å². The van der Waals surface area contributed by atoms with Crippen LogP contribution in [0.1, 0.15) is 62.6 Å². The molecule has 2 aliphatic rings. The van der Waals surface area contributed by atoms with Gasteiger partial charge in [-0.25, -0.2) is 0 Å². The van der Waals surface area contributed by atoms with Crippen LogP contribution in [-0.2, 0) is 9.53 Å². The second-order valence-corrected chi connectivity index (χ2v) is 9.96. The molecule has 0 spiro atoms. The van der Waals surface area contributed by atoms with Gasteiger partial charge in [-0.3, -0.25) is 4.79 Å². The minimum atomic E-state index is -0.0751. The van der Waals surface area contributed by atoms with E-state index in [1.54, 1.807) is 0 Å². The molecule has 0 bridgehead atoms. The van der Waals surface area contributed by atoms with Gasteiger partial charge in [0.1, 0.15) is 0 Å². The lowest BCUT2D eigenvalue weighted by Gasteiger charge is -2.48. The van der Waals surface area contributed by atoms with Crippen LogP contribution in [0, 0.1) is 11.8 Å². The van der Waals surface area contributed by atoms with Crippen LogP contribution in [0.5, 0.6) is 0 Å². The van der Waals surface area contributed by atoms with E-state index in [1.165, 1.54) is 18.4 Å². The summed E-state index contributed by atoms with van der Waals surface area (Å²) in [6.07, 6.45) is 4.18. The Balaban J connectivity index is 1.71. The zero-order valence-electron chi connectivity index (χ0n) is 18.3. The zero-order chi connectivity index (χ0) is 22.0. The topological polar surface area (TPSA) is 29.5 Å². The Bertz CT molecular complexity index is 897. The van der Waals surface area contributed by atoms with Crippen molar-refractivity contribution in [2.45, 2.75) is 57.5 Å². The lowest BCUT2D eigenvalue weighted by molar-refractivity contribution is -0.148. The van der Waals surface area contributed by atoms with E-state index in [0.717, 1.165) is 30.0 Å². The fraction of sp³-hybridized carbons (Fsp3) is 0.500. The number of likely N-dealkylation sites (tertiary alicyclic amines) is 1. The molecule has 31 heavy (non-hydrogen) atoms. The average Bonchev–Trinajstić information content (AvgIpc) is 3.58. The van der Waals surface area contributed by atoms with Gasteiger partial charge in [-0.1, -0.05) is 61.3 Å². The maximum atomic E-state index is 13.5. The van der Waals surface area contributed by atoms with E-state index in [0.29, 0.717) is 17.5 Å². The summed E-state index contributed by atoms with van der Waals surface area (Å²) in [6.45, 7) is 5.57. The molecule has 2 aromatic rings. The van der Waals surface area contributed by atoms with Crippen molar-refractivity contribution in [3.05, 3.63) is 69.7 Å². The van der Waals surface area contributed by atoms with Gasteiger partial charge in [-0.2, -0.15) is 0 Å². The normalized spacial score (nSPS) is 25.0. The lowest BCUT2D eigenvalue weighted by Crippen LogP contribution is -2.52. The van der Waals surface area contributed by atoms with Gasteiger partial charge in [0, 0.05) is 28.5 Å². The number of benzene rings is 2. The smallest absolute Gasteiger partial charge is 0.226 e. The number of carbonyl (C=O) groups is 1. The first-order valence-corrected chi connectivity index (χ1v) is 12.1. The van der Waals surface area contributed by atoms with E-state index in [4.69, 9.17) is 27.9 Å². The summed E-state index contributed by atoms with van der Waals surface area (Å²) in [7, 11) is 0. The van der Waals surface area contributed by atoms with Crippen LogP contribution < -0.4 is 0 Å². The largest absolute Gasteiger partial charge is 0.379 e. The molecule has 1 aliphatic carbocycles. The van der Waals surface area contributed by atoms with E-state index in [9.17, 15) is 4.79 Å². The van der Waals surface area contributed by atoms with Crippen LogP contribution in [0.4, 0.5) is 0 Å². The molecule has 0 radical (unpaired) electrons. The number of hydrogen-bond donors (Lipinski definition) is 0. The lowest BCUT2D eigenvalue weighted by atomic mass is 9.75. The van der Waals surface area contributed by atoms with Gasteiger partial charge >= 0.3 is 0 Å². The highest BCUT2D eigenvalue weighted by atomic mass is 35.5. The summed E-state index contributed by atoms with van der Waals surface area (Å²) in [4.78, 5) is 15.7. The number of piperidine rings is 1. The summed E-state index contributed by atoms with van der Waals surface area (Å²) < 4.78 is 6.07. The maximum absolute atomic E-state index is 13.5. The molecule has 2 fully saturated rings. The van der Waals surface area contributed by atoms with Crippen molar-refractivity contribution in [1.29, 1.82) is 0 Å². The zero-order valence-corrected chi connectivity index (χ0v) is 19.8. The number of halogens is 2. The Morgan fingerprint density at radius 2 is 1.81 bits per heavy atom. The second kappa shape index (κ2) is 9.94. The number of rotatable bonds is 8. The minimum Gasteiger partial charge on any atom is -0.379 e. The highest BCUT2D eigenvalue weighted by Gasteiger charge is 2.44. The van der Waals surface area contributed by atoms with Crippen molar-refractivity contribution in [2.75, 3.05) is 13.2 Å². The highest BCUT2D eigenvalue weighted by molar-refractivity contribution is 6.30. The third kappa shape index (κ3) is 5.27. The molecule has 0 aromatic heterocycles. The van der Waals surface area contributed by atoms with Crippen LogP contribution in [0.15, 0.2) is 48.5 Å². The molecular weight excluding hydrogens is 429 g/mol. The van der Waals surface area contributed by atoms with Gasteiger partial charge in [-0.15, -0.1) is 0 Å². The van der Waals surface area contributed by atoms with E-state index in [1.807, 2.05) is 37.3 Å². The molecule has 4 rings (SSSR count). The molecule has 3 nitrogen and oxygen atoms in total. The van der Waals surface area contributed by atoms with Crippen LogP contribution in [0.3, 0.4) is 0 Å². The first kappa shape index (κ1) is 22.6. The summed E-state index contributed by atoms with van der Waals surface area (Å²) in [6, 6.07) is 16.0. The molecular formula is C26H31Cl2NO2. The molecule has 2 unspecified atom stereocenters. The first-order valence-electron chi connectivity index (χ1n) is 11.4. The molecule has 1 aliphatic heterocycles. The van der Waals surface area contributed by atoms with Crippen molar-refractivity contribution < 1.29 is 9.53 Å². The third-order valence-electron chi connectivity index (χ3n) is 6.68. The van der Waals surface area contributed by atoms with Crippen molar-refractivity contribution in [2.24, 2.45) is 11.8 Å². The highest BCUT2D eigenvalue weighted by Crippen LogP contribution is 2.46. The summed E-state index contributed by atoms with van der Waals surface area (Å²) in [5.74, 6) is 1.02. The van der Waals surface area contributed by atoms with Crippen molar-refractivity contribution in [3.8, 4) is 0 Å². The van der Waals surface area contributed by atoms with E-state index >= 15 is 0 Å². The summed E-state index contributed by atoms with van der Waals surface area (Å²) >= 11 is 12.5. The van der Waals surface area contributed by atoms with E-state index in [2.05, 4.69) is 30.0 Å². The van der Waals surface area contributed by atoms with Crippen molar-refractivity contribution in [3.63, 3.8) is 0 Å². The molecule has 5 heteroatoms. The van der Waals surface area contributed by atoms with Gasteiger partial charge in [0.2, 0.25) is 5.91 Å². The number of nitrogens with zero attached hydrogens (tertiary/aromatic N) is 1. The molecule has 1 heterocycles. The Morgan fingerprint density at radius 1 is 1.06 bits per heavy atom. The molecule has 1 amide bonds. The number of amides is 1. The van der Waals surface area contributed by atoms with E-state index in [-0.39, 0.29) is 29.8 Å².